The molecule has 3 aliphatic rings. The van der Waals surface area contributed by atoms with Gasteiger partial charge in [0.1, 0.15) is 12.4 Å². The Balaban J connectivity index is 1.16. The number of benzene rings is 2. The molecule has 246 valence electrons. The van der Waals surface area contributed by atoms with Crippen molar-refractivity contribution in [3.05, 3.63) is 89.9 Å². The number of piperidine rings is 1. The number of likely N-dealkylation sites (tertiary alicyclic amines) is 1. The minimum atomic E-state index is -0.267. The Kier molecular flexibility index (Phi) is 9.48. The van der Waals surface area contributed by atoms with E-state index in [4.69, 9.17) is 14.7 Å². The quantitative estimate of drug-likeness (QED) is 0.243. The normalized spacial score (nSPS) is 20.1. The number of rotatable bonds is 8. The molecule has 10 nitrogen and oxygen atoms in total. The van der Waals surface area contributed by atoms with E-state index in [0.29, 0.717) is 44.8 Å². The highest BCUT2D eigenvalue weighted by molar-refractivity contribution is 5.94. The highest BCUT2D eigenvalue weighted by atomic mass is 16.5. The number of carbonyl (C=O) groups is 1. The minimum absolute atomic E-state index is 0.102. The topological polar surface area (TPSA) is 102 Å². The van der Waals surface area contributed by atoms with Crippen molar-refractivity contribution in [3.63, 3.8) is 0 Å². The van der Waals surface area contributed by atoms with Crippen molar-refractivity contribution in [1.29, 1.82) is 5.26 Å². The number of likely N-dealkylation sites (N-methyl/N-ethyl adjacent to an activating group) is 1. The van der Waals surface area contributed by atoms with Crippen LogP contribution in [0.4, 0.5) is 11.5 Å². The Bertz CT molecular complexity index is 1820. The first-order valence-corrected chi connectivity index (χ1v) is 17.0. The highest BCUT2D eigenvalue weighted by Crippen LogP contribution is 2.35. The van der Waals surface area contributed by atoms with Crippen LogP contribution in [0.15, 0.2) is 73.1 Å². The fourth-order valence-corrected chi connectivity index (χ4v) is 7.29. The highest BCUT2D eigenvalue weighted by Gasteiger charge is 2.34. The maximum Gasteiger partial charge on any atom is 0.318 e. The second kappa shape index (κ2) is 14.4. The van der Waals surface area contributed by atoms with Crippen LogP contribution >= 0.6 is 0 Å². The van der Waals surface area contributed by atoms with Gasteiger partial charge in [-0.15, -0.1) is 0 Å². The third kappa shape index (κ3) is 6.83. The summed E-state index contributed by atoms with van der Waals surface area (Å²) in [4.78, 5) is 36.4. The Morgan fingerprint density at radius 1 is 1.00 bits per heavy atom. The lowest BCUT2D eigenvalue weighted by atomic mass is 10.0. The average molecular weight is 643 g/mol. The third-order valence-electron chi connectivity index (χ3n) is 9.95. The molecule has 2 saturated heterocycles. The summed E-state index contributed by atoms with van der Waals surface area (Å²) in [5.74, 6) is 0.764. The molecular weight excluding hydrogens is 600 g/mol. The van der Waals surface area contributed by atoms with E-state index in [2.05, 4.69) is 75.3 Å². The van der Waals surface area contributed by atoms with E-state index in [9.17, 15) is 10.1 Å². The molecule has 0 spiro atoms. The van der Waals surface area contributed by atoms with Crippen molar-refractivity contribution in [1.82, 2.24) is 24.8 Å². The Morgan fingerprint density at radius 3 is 2.75 bits per heavy atom. The van der Waals surface area contributed by atoms with E-state index in [-0.39, 0.29) is 18.4 Å². The Labute approximate surface area is 282 Å². The molecule has 0 bridgehead atoms. The fraction of sp³-hybridized carbons (Fsp3) is 0.395. The van der Waals surface area contributed by atoms with Crippen molar-refractivity contribution in [3.8, 4) is 12.1 Å². The van der Waals surface area contributed by atoms with Gasteiger partial charge in [0.2, 0.25) is 5.91 Å². The van der Waals surface area contributed by atoms with E-state index >= 15 is 0 Å². The largest absolute Gasteiger partial charge is 0.462 e. The molecule has 7 rings (SSSR count). The first kappa shape index (κ1) is 31.6. The van der Waals surface area contributed by atoms with Crippen LogP contribution in [0.2, 0.25) is 0 Å². The molecule has 2 aromatic heterocycles. The molecule has 5 heterocycles. The van der Waals surface area contributed by atoms with Crippen LogP contribution in [-0.2, 0) is 17.8 Å². The summed E-state index contributed by atoms with van der Waals surface area (Å²) in [6, 6.07) is 21.5. The van der Waals surface area contributed by atoms with Gasteiger partial charge in [0.05, 0.1) is 30.8 Å². The van der Waals surface area contributed by atoms with E-state index in [1.165, 1.54) is 29.3 Å². The Morgan fingerprint density at radius 2 is 1.90 bits per heavy atom. The number of fused-ring (bicyclic) bond motifs is 2. The van der Waals surface area contributed by atoms with E-state index in [1.54, 1.807) is 24.5 Å². The van der Waals surface area contributed by atoms with Gasteiger partial charge < -0.3 is 24.3 Å². The molecule has 48 heavy (non-hydrogen) atoms. The molecule has 2 unspecified atom stereocenters. The molecule has 0 radical (unpaired) electrons. The van der Waals surface area contributed by atoms with Crippen LogP contribution in [-0.4, -0.2) is 89.1 Å². The lowest BCUT2D eigenvalue weighted by Crippen LogP contribution is -2.55. The molecular formula is C38H42N8O2. The summed E-state index contributed by atoms with van der Waals surface area (Å²) < 4.78 is 6.39. The van der Waals surface area contributed by atoms with Gasteiger partial charge in [-0.2, -0.15) is 15.2 Å². The van der Waals surface area contributed by atoms with Gasteiger partial charge in [-0.25, -0.2) is 0 Å². The number of amides is 1. The van der Waals surface area contributed by atoms with Gasteiger partial charge in [0.25, 0.3) is 0 Å². The van der Waals surface area contributed by atoms with Crippen molar-refractivity contribution < 1.29 is 9.53 Å². The van der Waals surface area contributed by atoms with Crippen molar-refractivity contribution in [2.24, 2.45) is 0 Å². The first-order valence-electron chi connectivity index (χ1n) is 17.0. The van der Waals surface area contributed by atoms with Crippen LogP contribution in [0, 0.1) is 11.3 Å². The summed E-state index contributed by atoms with van der Waals surface area (Å²) in [5, 5.41) is 12.2. The smallest absolute Gasteiger partial charge is 0.318 e. The number of ether oxygens (including phenoxy) is 1. The van der Waals surface area contributed by atoms with E-state index in [1.807, 2.05) is 17.0 Å². The molecule has 0 N–H and O–H groups in total. The number of nitrogens with zero attached hydrogens (tertiary/aromatic N) is 8. The van der Waals surface area contributed by atoms with Crippen molar-refractivity contribution in [2.45, 2.75) is 50.7 Å². The summed E-state index contributed by atoms with van der Waals surface area (Å²) >= 11 is 0. The van der Waals surface area contributed by atoms with E-state index in [0.717, 1.165) is 48.6 Å². The molecule has 2 aromatic carbocycles. The van der Waals surface area contributed by atoms with Gasteiger partial charge in [-0.1, -0.05) is 48.9 Å². The summed E-state index contributed by atoms with van der Waals surface area (Å²) in [6.45, 7) is 4.72. The zero-order valence-corrected chi connectivity index (χ0v) is 27.5. The molecule has 0 saturated carbocycles. The third-order valence-corrected chi connectivity index (χ3v) is 9.95. The van der Waals surface area contributed by atoms with Gasteiger partial charge in [0.15, 0.2) is 0 Å². The number of hydrogen-bond donors (Lipinski definition) is 0. The first-order chi connectivity index (χ1) is 23.6. The summed E-state index contributed by atoms with van der Waals surface area (Å²) in [5.41, 5.74) is 4.16. The minimum Gasteiger partial charge on any atom is -0.462 e. The maximum absolute atomic E-state index is 13.3. The maximum atomic E-state index is 13.3. The lowest BCUT2D eigenvalue weighted by Gasteiger charge is -2.42. The summed E-state index contributed by atoms with van der Waals surface area (Å²) in [7, 11) is 2.16. The zero-order valence-electron chi connectivity index (χ0n) is 27.5. The number of pyridine rings is 1. The molecule has 4 aromatic rings. The molecule has 0 aliphatic carbocycles. The van der Waals surface area contributed by atoms with Crippen LogP contribution in [0.3, 0.4) is 0 Å². The molecule has 1 amide bonds. The molecule has 3 aliphatic heterocycles. The molecule has 2 fully saturated rings. The number of carbonyl (C=O) groups excluding carboxylic acids is 1. The number of hydrogen-bond acceptors (Lipinski definition) is 9. The standard InChI is InChI=1S/C38H42N8O2/c1-43-20-5-4-11-31(43)27-48-38-41-34-26-44(35-13-6-10-29-9-2-3-12-32(29)35)21-17-33(34)37(42-38)45-22-23-46(30(25-45)16-18-39)36(47)15-14-28-8-7-19-40-24-28/h2-3,6-10,12-15,19,24,30-31H,4-5,11,16-17,20-23,25-27H2,1H3/b15-14+. The van der Waals surface area contributed by atoms with Crippen LogP contribution < -0.4 is 14.5 Å². The molecule has 10 heteroatoms. The number of piperazine rings is 1. The van der Waals surface area contributed by atoms with Gasteiger partial charge >= 0.3 is 6.01 Å². The van der Waals surface area contributed by atoms with Gasteiger partial charge in [-0.3, -0.25) is 9.78 Å². The van der Waals surface area contributed by atoms with Crippen LogP contribution in [0.25, 0.3) is 16.8 Å². The van der Waals surface area contributed by atoms with Crippen LogP contribution in [0.1, 0.15) is 42.5 Å². The summed E-state index contributed by atoms with van der Waals surface area (Å²) in [6.07, 6.45) is 11.3. The zero-order chi connectivity index (χ0) is 32.9. The van der Waals surface area contributed by atoms with Crippen LogP contribution in [0.5, 0.6) is 6.01 Å². The SMILES string of the molecule is CN1CCCCC1COc1nc2c(c(N3CCN(C(=O)/C=C/c4cccnc4)C(CC#N)C3)n1)CCN(c1cccc3ccccc13)C2. The monoisotopic (exact) mass is 642 g/mol. The predicted octanol–water partition coefficient (Wildman–Crippen LogP) is 5.09. The lowest BCUT2D eigenvalue weighted by molar-refractivity contribution is -0.128. The molecule has 2 atom stereocenters. The average Bonchev–Trinajstić information content (AvgIpc) is 3.13. The Hall–Kier alpha value is -5.01. The van der Waals surface area contributed by atoms with Crippen molar-refractivity contribution >= 4 is 34.3 Å². The predicted molar refractivity (Wildman–Crippen MR) is 188 cm³/mol. The number of nitriles is 1. The second-order valence-electron chi connectivity index (χ2n) is 13.0. The number of aromatic nitrogens is 3. The van der Waals surface area contributed by atoms with Crippen molar-refractivity contribution in [2.75, 3.05) is 56.2 Å². The van der Waals surface area contributed by atoms with E-state index < -0.39 is 0 Å². The fourth-order valence-electron chi connectivity index (χ4n) is 7.29. The second-order valence-corrected chi connectivity index (χ2v) is 13.0. The van der Waals surface area contributed by atoms with Gasteiger partial charge in [0, 0.05) is 67.3 Å². The number of anilines is 2. The van der Waals surface area contributed by atoms with Gasteiger partial charge in [-0.05, 0) is 62.0 Å².